The smallest absolute Gasteiger partial charge is 0.119 e. The van der Waals surface area contributed by atoms with Crippen LogP contribution in [0.4, 0.5) is 0 Å². The zero-order valence-corrected chi connectivity index (χ0v) is 14.3. The molecule has 0 fully saturated rings. The van der Waals surface area contributed by atoms with E-state index in [0.29, 0.717) is 0 Å². The van der Waals surface area contributed by atoms with Gasteiger partial charge in [-0.15, -0.1) is 0 Å². The molecule has 0 saturated carbocycles. The van der Waals surface area contributed by atoms with Crippen LogP contribution in [0.2, 0.25) is 0 Å². The van der Waals surface area contributed by atoms with Crippen LogP contribution in [0.5, 0.6) is 5.75 Å². The summed E-state index contributed by atoms with van der Waals surface area (Å²) in [5.41, 5.74) is 8.00. The fraction of sp³-hybridized carbons (Fsp3) is 0.333. The number of hydrogen-bond donors (Lipinski definition) is 0. The fourth-order valence-electron chi connectivity index (χ4n) is 2.59. The Morgan fingerprint density at radius 3 is 2.10 bits per heavy atom. The quantitative estimate of drug-likeness (QED) is 0.682. The number of methoxy groups -OCH3 is 1. The number of ether oxygens (including phenoxy) is 1. The van der Waals surface area contributed by atoms with Gasteiger partial charge >= 0.3 is 0 Å². The van der Waals surface area contributed by atoms with Crippen LogP contribution in [0.3, 0.4) is 0 Å². The lowest BCUT2D eigenvalue weighted by Crippen LogP contribution is -2.03. The largest absolute Gasteiger partial charge is 0.497 e. The summed E-state index contributed by atoms with van der Waals surface area (Å²) in [6.45, 7) is 8.75. The second kappa shape index (κ2) is 6.01. The van der Waals surface area contributed by atoms with Crippen LogP contribution < -0.4 is 4.74 Å². The van der Waals surface area contributed by atoms with Crippen LogP contribution in [-0.2, 0) is 0 Å². The van der Waals surface area contributed by atoms with Crippen molar-refractivity contribution in [3.63, 3.8) is 0 Å². The maximum absolute atomic E-state index is 5.33. The van der Waals surface area contributed by atoms with E-state index < -0.39 is 0 Å². The third-order valence-corrected chi connectivity index (χ3v) is 5.05. The predicted octanol–water partition coefficient (Wildman–Crippen LogP) is 5.41. The number of halogens is 1. The molecule has 2 aromatic carbocycles. The molecule has 0 aliphatic rings. The van der Waals surface area contributed by atoms with Gasteiger partial charge in [-0.05, 0) is 73.2 Å². The average Bonchev–Trinajstić information content (AvgIpc) is 2.45. The highest BCUT2D eigenvalue weighted by Crippen LogP contribution is 2.38. The van der Waals surface area contributed by atoms with Crippen molar-refractivity contribution in [1.82, 2.24) is 0 Å². The number of alkyl halides is 1. The van der Waals surface area contributed by atoms with E-state index in [1.165, 1.54) is 33.4 Å². The molecule has 1 unspecified atom stereocenters. The summed E-state index contributed by atoms with van der Waals surface area (Å²) < 4.78 is 5.33. The Balaban J connectivity index is 2.55. The van der Waals surface area contributed by atoms with Crippen molar-refractivity contribution in [3.8, 4) is 5.75 Å². The summed E-state index contributed by atoms with van der Waals surface area (Å²) in [6, 6.07) is 10.5. The van der Waals surface area contributed by atoms with Gasteiger partial charge in [0, 0.05) is 0 Å². The van der Waals surface area contributed by atoms with Crippen LogP contribution in [0, 0.1) is 27.7 Å². The van der Waals surface area contributed by atoms with Gasteiger partial charge in [0.05, 0.1) is 11.9 Å². The summed E-state index contributed by atoms with van der Waals surface area (Å²) in [5.74, 6) is 0.895. The molecule has 0 amide bonds. The van der Waals surface area contributed by atoms with Crippen molar-refractivity contribution < 1.29 is 4.74 Å². The number of rotatable bonds is 3. The number of hydrogen-bond acceptors (Lipinski definition) is 1. The summed E-state index contributed by atoms with van der Waals surface area (Å²) in [5, 5.41) is 0. The van der Waals surface area contributed by atoms with Gasteiger partial charge in [-0.1, -0.05) is 34.1 Å². The second-order valence-corrected chi connectivity index (χ2v) is 6.23. The van der Waals surface area contributed by atoms with E-state index >= 15 is 0 Å². The molecular weight excluding hydrogens is 312 g/mol. The molecule has 0 bridgehead atoms. The number of benzene rings is 2. The first-order chi connectivity index (χ1) is 9.45. The normalized spacial score (nSPS) is 12.3. The highest BCUT2D eigenvalue weighted by Gasteiger charge is 2.18. The summed E-state index contributed by atoms with van der Waals surface area (Å²) in [4.78, 5) is 0.191. The molecule has 0 radical (unpaired) electrons. The molecule has 0 aliphatic heterocycles. The average molecular weight is 333 g/mol. The Labute approximate surface area is 130 Å². The predicted molar refractivity (Wildman–Crippen MR) is 89.2 cm³/mol. The second-order valence-electron chi connectivity index (χ2n) is 5.31. The molecule has 1 nitrogen and oxygen atoms in total. The Hall–Kier alpha value is -1.28. The molecular formula is C18H21BrO. The molecule has 0 aromatic heterocycles. The van der Waals surface area contributed by atoms with E-state index in [-0.39, 0.29) is 4.83 Å². The third-order valence-electron chi connectivity index (χ3n) is 4.06. The van der Waals surface area contributed by atoms with E-state index in [1.54, 1.807) is 7.11 Å². The molecule has 1 atom stereocenters. The Morgan fingerprint density at radius 1 is 0.950 bits per heavy atom. The summed E-state index contributed by atoms with van der Waals surface area (Å²) in [7, 11) is 1.70. The zero-order chi connectivity index (χ0) is 14.9. The van der Waals surface area contributed by atoms with Crippen LogP contribution in [0.1, 0.15) is 38.2 Å². The van der Waals surface area contributed by atoms with Crippen LogP contribution >= 0.6 is 15.9 Å². The summed E-state index contributed by atoms with van der Waals surface area (Å²) >= 11 is 3.87. The van der Waals surface area contributed by atoms with Gasteiger partial charge < -0.3 is 4.74 Å². The standard InChI is InChI=1S/C18H21BrO/c1-11-9-12(2)14(4)17(13(11)3)18(19)15-7-6-8-16(10-15)20-5/h6-10,18H,1-5H3. The minimum atomic E-state index is 0.191. The zero-order valence-electron chi connectivity index (χ0n) is 12.8. The molecule has 0 N–H and O–H groups in total. The maximum Gasteiger partial charge on any atom is 0.119 e. The van der Waals surface area contributed by atoms with Crippen molar-refractivity contribution in [1.29, 1.82) is 0 Å². The van der Waals surface area contributed by atoms with Gasteiger partial charge in [0.25, 0.3) is 0 Å². The van der Waals surface area contributed by atoms with Gasteiger partial charge in [-0.2, -0.15) is 0 Å². The topological polar surface area (TPSA) is 9.23 Å². The molecule has 20 heavy (non-hydrogen) atoms. The fourth-order valence-corrected chi connectivity index (χ4v) is 3.56. The van der Waals surface area contributed by atoms with Crippen molar-refractivity contribution in [2.75, 3.05) is 7.11 Å². The van der Waals surface area contributed by atoms with Crippen molar-refractivity contribution >= 4 is 15.9 Å². The lowest BCUT2D eigenvalue weighted by Gasteiger charge is -2.20. The van der Waals surface area contributed by atoms with E-state index in [4.69, 9.17) is 4.74 Å². The van der Waals surface area contributed by atoms with E-state index in [1.807, 2.05) is 12.1 Å². The van der Waals surface area contributed by atoms with Crippen molar-refractivity contribution in [2.24, 2.45) is 0 Å². The minimum Gasteiger partial charge on any atom is -0.497 e. The van der Waals surface area contributed by atoms with Gasteiger partial charge in [0.1, 0.15) is 5.75 Å². The highest BCUT2D eigenvalue weighted by atomic mass is 79.9. The highest BCUT2D eigenvalue weighted by molar-refractivity contribution is 9.09. The first-order valence-corrected chi connectivity index (χ1v) is 7.72. The van der Waals surface area contributed by atoms with Gasteiger partial charge in [-0.25, -0.2) is 0 Å². The molecule has 0 saturated heterocycles. The van der Waals surface area contributed by atoms with Crippen LogP contribution in [-0.4, -0.2) is 7.11 Å². The molecule has 0 aliphatic carbocycles. The third kappa shape index (κ3) is 2.76. The molecule has 0 heterocycles. The first-order valence-electron chi connectivity index (χ1n) is 6.81. The van der Waals surface area contributed by atoms with E-state index in [2.05, 4.69) is 61.8 Å². The molecule has 2 heteroatoms. The molecule has 0 spiro atoms. The van der Waals surface area contributed by atoms with Gasteiger partial charge in [0.2, 0.25) is 0 Å². The lowest BCUT2D eigenvalue weighted by molar-refractivity contribution is 0.414. The first kappa shape index (κ1) is 15.1. The minimum absolute atomic E-state index is 0.191. The number of aryl methyl sites for hydroxylation is 2. The molecule has 2 aromatic rings. The Kier molecular flexibility index (Phi) is 4.54. The van der Waals surface area contributed by atoms with Crippen LogP contribution in [0.15, 0.2) is 30.3 Å². The molecule has 2 rings (SSSR count). The van der Waals surface area contributed by atoms with Crippen LogP contribution in [0.25, 0.3) is 0 Å². The lowest BCUT2D eigenvalue weighted by atomic mass is 9.90. The van der Waals surface area contributed by atoms with E-state index in [0.717, 1.165) is 5.75 Å². The Morgan fingerprint density at radius 2 is 1.55 bits per heavy atom. The SMILES string of the molecule is COc1cccc(C(Br)c2c(C)c(C)cc(C)c2C)c1. The Bertz CT molecular complexity index is 605. The van der Waals surface area contributed by atoms with Crippen molar-refractivity contribution in [3.05, 3.63) is 63.7 Å². The molecule has 106 valence electrons. The maximum atomic E-state index is 5.33. The van der Waals surface area contributed by atoms with Gasteiger partial charge in [0.15, 0.2) is 0 Å². The van der Waals surface area contributed by atoms with Crippen molar-refractivity contribution in [2.45, 2.75) is 32.5 Å². The monoisotopic (exact) mass is 332 g/mol. The van der Waals surface area contributed by atoms with Gasteiger partial charge in [-0.3, -0.25) is 0 Å². The summed E-state index contributed by atoms with van der Waals surface area (Å²) in [6.07, 6.45) is 0. The van der Waals surface area contributed by atoms with E-state index in [9.17, 15) is 0 Å².